The van der Waals surface area contributed by atoms with Crippen molar-refractivity contribution in [1.82, 2.24) is 20.1 Å². The lowest BCUT2D eigenvalue weighted by Crippen LogP contribution is -2.41. The van der Waals surface area contributed by atoms with Crippen molar-refractivity contribution in [2.45, 2.75) is 24.9 Å². The number of H-pyrrole nitrogens is 1. The Hall–Kier alpha value is -2.06. The van der Waals surface area contributed by atoms with E-state index in [1.807, 2.05) is 18.2 Å². The van der Waals surface area contributed by atoms with Gasteiger partial charge in [-0.05, 0) is 31.9 Å². The minimum Gasteiger partial charge on any atom is -0.466 e. The molecule has 2 aromatic rings. The summed E-state index contributed by atoms with van der Waals surface area (Å²) in [6, 6.07) is 7.37. The van der Waals surface area contributed by atoms with Crippen molar-refractivity contribution in [3.8, 4) is 11.4 Å². The third kappa shape index (κ3) is 5.01. The zero-order valence-electron chi connectivity index (χ0n) is 15.0. The molecule has 1 aromatic heterocycles. The first-order chi connectivity index (χ1) is 13.1. The molecule has 9 heteroatoms. The zero-order chi connectivity index (χ0) is 19.2. The number of thioether (sulfide) groups is 1. The van der Waals surface area contributed by atoms with E-state index in [4.69, 9.17) is 16.3 Å². The fourth-order valence-electron chi connectivity index (χ4n) is 2.93. The van der Waals surface area contributed by atoms with Gasteiger partial charge in [0.05, 0.1) is 23.3 Å². The van der Waals surface area contributed by atoms with Gasteiger partial charge < -0.3 is 9.64 Å². The molecule has 0 atom stereocenters. The second-order valence-corrected chi connectivity index (χ2v) is 7.49. The molecule has 27 heavy (non-hydrogen) atoms. The number of piperidine rings is 1. The maximum atomic E-state index is 12.4. The molecule has 1 aromatic carbocycles. The van der Waals surface area contributed by atoms with E-state index in [2.05, 4.69) is 15.2 Å². The summed E-state index contributed by atoms with van der Waals surface area (Å²) >= 11 is 7.44. The number of likely N-dealkylation sites (tertiary alicyclic amines) is 1. The van der Waals surface area contributed by atoms with Crippen LogP contribution in [0.1, 0.15) is 19.8 Å². The number of halogens is 1. The van der Waals surface area contributed by atoms with Crippen LogP contribution in [0.3, 0.4) is 0 Å². The van der Waals surface area contributed by atoms with E-state index in [9.17, 15) is 9.59 Å². The SMILES string of the molecule is CCOC(=O)C1CCN(C(=O)CSc2n[nH]c(-c3ccccc3Cl)n2)CC1. The number of carbonyl (C=O) groups is 2. The first-order valence-corrected chi connectivity index (χ1v) is 10.2. The molecule has 1 aliphatic heterocycles. The van der Waals surface area contributed by atoms with Crippen LogP contribution in [0.25, 0.3) is 11.4 Å². The number of aromatic nitrogens is 3. The van der Waals surface area contributed by atoms with Gasteiger partial charge in [-0.1, -0.05) is 35.5 Å². The molecular formula is C18H21ClN4O3S. The highest BCUT2D eigenvalue weighted by Gasteiger charge is 2.28. The summed E-state index contributed by atoms with van der Waals surface area (Å²) in [5.74, 6) is 0.584. The normalized spacial score (nSPS) is 15.0. The van der Waals surface area contributed by atoms with Crippen molar-refractivity contribution in [1.29, 1.82) is 0 Å². The lowest BCUT2D eigenvalue weighted by Gasteiger charge is -2.30. The second-order valence-electron chi connectivity index (χ2n) is 6.14. The maximum absolute atomic E-state index is 12.4. The Morgan fingerprint density at radius 2 is 2.07 bits per heavy atom. The van der Waals surface area contributed by atoms with Crippen LogP contribution in [-0.4, -0.2) is 57.4 Å². The van der Waals surface area contributed by atoms with Gasteiger partial charge in [0.2, 0.25) is 11.1 Å². The first-order valence-electron chi connectivity index (χ1n) is 8.83. The predicted molar refractivity (Wildman–Crippen MR) is 103 cm³/mol. The Kier molecular flexibility index (Phi) is 6.73. The number of ether oxygens (including phenoxy) is 1. The lowest BCUT2D eigenvalue weighted by atomic mass is 9.97. The van der Waals surface area contributed by atoms with E-state index in [1.54, 1.807) is 17.9 Å². The highest BCUT2D eigenvalue weighted by Crippen LogP contribution is 2.26. The van der Waals surface area contributed by atoms with Crippen molar-refractivity contribution in [2.24, 2.45) is 5.92 Å². The van der Waals surface area contributed by atoms with E-state index in [0.29, 0.717) is 48.5 Å². The van der Waals surface area contributed by atoms with Gasteiger partial charge in [0, 0.05) is 18.7 Å². The Morgan fingerprint density at radius 1 is 1.33 bits per heavy atom. The summed E-state index contributed by atoms with van der Waals surface area (Å²) in [5, 5.41) is 8.08. The van der Waals surface area contributed by atoms with Crippen LogP contribution in [0.4, 0.5) is 0 Å². The van der Waals surface area contributed by atoms with Crippen LogP contribution in [0.2, 0.25) is 5.02 Å². The summed E-state index contributed by atoms with van der Waals surface area (Å²) in [6.45, 7) is 3.33. The third-order valence-corrected chi connectivity index (χ3v) is 5.55. The number of aromatic amines is 1. The number of amides is 1. The van der Waals surface area contributed by atoms with Crippen LogP contribution in [-0.2, 0) is 14.3 Å². The van der Waals surface area contributed by atoms with Gasteiger partial charge in [-0.3, -0.25) is 14.7 Å². The Morgan fingerprint density at radius 3 is 2.78 bits per heavy atom. The topological polar surface area (TPSA) is 88.2 Å². The fourth-order valence-corrected chi connectivity index (χ4v) is 3.85. The number of carbonyl (C=O) groups excluding carboxylic acids is 2. The van der Waals surface area contributed by atoms with Crippen LogP contribution in [0, 0.1) is 5.92 Å². The fraction of sp³-hybridized carbons (Fsp3) is 0.444. The van der Waals surface area contributed by atoms with Crippen molar-refractivity contribution in [3.05, 3.63) is 29.3 Å². The monoisotopic (exact) mass is 408 g/mol. The van der Waals surface area contributed by atoms with Gasteiger partial charge in [0.15, 0.2) is 5.82 Å². The number of hydrogen-bond acceptors (Lipinski definition) is 6. The molecule has 1 saturated heterocycles. The van der Waals surface area contributed by atoms with Gasteiger partial charge in [-0.25, -0.2) is 4.98 Å². The molecule has 0 saturated carbocycles. The molecule has 7 nitrogen and oxygen atoms in total. The highest BCUT2D eigenvalue weighted by atomic mass is 35.5. The van der Waals surface area contributed by atoms with Gasteiger partial charge in [0.1, 0.15) is 0 Å². The first kappa shape index (κ1) is 19.7. The average Bonchev–Trinajstić information content (AvgIpc) is 3.15. The summed E-state index contributed by atoms with van der Waals surface area (Å²) in [4.78, 5) is 30.4. The minimum atomic E-state index is -0.160. The number of hydrogen-bond donors (Lipinski definition) is 1. The molecule has 0 spiro atoms. The Bertz CT molecular complexity index is 805. The summed E-state index contributed by atoms with van der Waals surface area (Å²) < 4.78 is 5.05. The summed E-state index contributed by atoms with van der Waals surface area (Å²) in [7, 11) is 0. The van der Waals surface area contributed by atoms with Crippen LogP contribution < -0.4 is 0 Å². The van der Waals surface area contributed by atoms with Gasteiger partial charge in [-0.15, -0.1) is 5.10 Å². The average molecular weight is 409 g/mol. The molecule has 1 amide bonds. The number of rotatable bonds is 6. The van der Waals surface area contributed by atoms with E-state index in [1.165, 1.54) is 11.8 Å². The highest BCUT2D eigenvalue weighted by molar-refractivity contribution is 7.99. The Labute approximate surface area is 166 Å². The van der Waals surface area contributed by atoms with Gasteiger partial charge in [-0.2, -0.15) is 0 Å². The molecule has 0 unspecified atom stereocenters. The van der Waals surface area contributed by atoms with Crippen LogP contribution >= 0.6 is 23.4 Å². The molecule has 0 radical (unpaired) electrons. The smallest absolute Gasteiger partial charge is 0.309 e. The largest absolute Gasteiger partial charge is 0.466 e. The van der Waals surface area contributed by atoms with E-state index >= 15 is 0 Å². The lowest BCUT2D eigenvalue weighted by molar-refractivity contribution is -0.151. The molecular weight excluding hydrogens is 388 g/mol. The zero-order valence-corrected chi connectivity index (χ0v) is 16.6. The van der Waals surface area contributed by atoms with Crippen LogP contribution in [0.15, 0.2) is 29.4 Å². The molecule has 0 aliphatic carbocycles. The quantitative estimate of drug-likeness (QED) is 0.583. The molecule has 144 valence electrons. The summed E-state index contributed by atoms with van der Waals surface area (Å²) in [5.41, 5.74) is 0.769. The van der Waals surface area contributed by atoms with Crippen molar-refractivity contribution >= 4 is 35.2 Å². The van der Waals surface area contributed by atoms with Crippen LogP contribution in [0.5, 0.6) is 0 Å². The molecule has 0 bridgehead atoms. The number of esters is 1. The number of nitrogens with zero attached hydrogens (tertiary/aromatic N) is 3. The maximum Gasteiger partial charge on any atom is 0.309 e. The molecule has 1 N–H and O–H groups in total. The number of nitrogens with one attached hydrogen (secondary N) is 1. The second kappa shape index (κ2) is 9.23. The minimum absolute atomic E-state index is 0.0198. The summed E-state index contributed by atoms with van der Waals surface area (Å²) in [6.07, 6.45) is 1.29. The Balaban J connectivity index is 1.49. The van der Waals surface area contributed by atoms with Crippen molar-refractivity contribution in [3.63, 3.8) is 0 Å². The van der Waals surface area contributed by atoms with Crippen molar-refractivity contribution < 1.29 is 14.3 Å². The van der Waals surface area contributed by atoms with Crippen molar-refractivity contribution in [2.75, 3.05) is 25.4 Å². The number of benzene rings is 1. The van der Waals surface area contributed by atoms with E-state index < -0.39 is 0 Å². The van der Waals surface area contributed by atoms with Gasteiger partial charge in [0.25, 0.3) is 0 Å². The standard InChI is InChI=1S/C18H21ClN4O3S/c1-2-26-17(25)12-7-9-23(10-8-12)15(24)11-27-18-20-16(21-22-18)13-5-3-4-6-14(13)19/h3-6,12H,2,7-11H2,1H3,(H,20,21,22). The van der Waals surface area contributed by atoms with Gasteiger partial charge >= 0.3 is 5.97 Å². The molecule has 1 aliphatic rings. The van der Waals surface area contributed by atoms with E-state index in [0.717, 1.165) is 5.56 Å². The predicted octanol–water partition coefficient (Wildman–Crippen LogP) is 3.02. The third-order valence-electron chi connectivity index (χ3n) is 4.39. The molecule has 3 rings (SSSR count). The molecule has 2 heterocycles. The van der Waals surface area contributed by atoms with E-state index in [-0.39, 0.29) is 23.5 Å². The molecule has 1 fully saturated rings.